The van der Waals surface area contributed by atoms with E-state index in [1.165, 1.54) is 0 Å². The van der Waals surface area contributed by atoms with Gasteiger partial charge in [-0.25, -0.2) is 0 Å². The molecule has 0 aliphatic carbocycles. The second-order valence-corrected chi connectivity index (χ2v) is 9.25. The van der Waals surface area contributed by atoms with Gasteiger partial charge in [0.15, 0.2) is 23.0 Å². The second-order valence-electron chi connectivity index (χ2n) is 9.25. The molecule has 0 bridgehead atoms. The minimum absolute atomic E-state index is 0.579. The van der Waals surface area contributed by atoms with E-state index in [2.05, 4.69) is 72.8 Å². The van der Waals surface area contributed by atoms with Crippen LogP contribution in [0.5, 0.6) is 34.5 Å². The van der Waals surface area contributed by atoms with Gasteiger partial charge in [0.25, 0.3) is 0 Å². The summed E-state index contributed by atoms with van der Waals surface area (Å²) in [6.45, 7) is 0. The maximum absolute atomic E-state index is 5.45. The van der Waals surface area contributed by atoms with Crippen LogP contribution in [-0.2, 0) is 0 Å². The second kappa shape index (κ2) is 14.5. The van der Waals surface area contributed by atoms with Gasteiger partial charge in [-0.05, 0) is 57.6 Å². The van der Waals surface area contributed by atoms with Crippen molar-refractivity contribution >= 4 is 36.5 Å². The Balaban J connectivity index is 1.40. The SMILES string of the molecule is COc1cc(C=Cc2ccc(C=Cc3ccc(C=Cc4cc(OC)c(OC)c(OC)c4)cc3)cc2)cc(OC)c1OC. The normalized spacial score (nSPS) is 11.3. The smallest absolute Gasteiger partial charge is 0.203 e. The maximum Gasteiger partial charge on any atom is 0.203 e. The molecule has 6 nitrogen and oxygen atoms in total. The molecule has 0 spiro atoms. The zero-order chi connectivity index (χ0) is 29.9. The van der Waals surface area contributed by atoms with E-state index in [0.29, 0.717) is 34.5 Å². The summed E-state index contributed by atoms with van der Waals surface area (Å²) < 4.78 is 32.6. The fraction of sp³-hybridized carbons (Fsp3) is 0.167. The van der Waals surface area contributed by atoms with E-state index in [4.69, 9.17) is 28.4 Å². The molecule has 0 radical (unpaired) electrons. The monoisotopic (exact) mass is 564 g/mol. The first kappa shape index (κ1) is 29.9. The number of benzene rings is 4. The molecular weight excluding hydrogens is 528 g/mol. The van der Waals surface area contributed by atoms with E-state index >= 15 is 0 Å². The first-order chi connectivity index (χ1) is 20.5. The fourth-order valence-electron chi connectivity index (χ4n) is 4.41. The maximum atomic E-state index is 5.45. The van der Waals surface area contributed by atoms with Gasteiger partial charge in [-0.3, -0.25) is 0 Å². The molecule has 0 fully saturated rings. The Morgan fingerprint density at radius 1 is 0.310 bits per heavy atom. The molecule has 0 atom stereocenters. The fourth-order valence-corrected chi connectivity index (χ4v) is 4.41. The Morgan fingerprint density at radius 2 is 0.524 bits per heavy atom. The van der Waals surface area contributed by atoms with Crippen molar-refractivity contribution in [3.63, 3.8) is 0 Å². The van der Waals surface area contributed by atoms with Gasteiger partial charge < -0.3 is 28.4 Å². The largest absolute Gasteiger partial charge is 0.493 e. The Morgan fingerprint density at radius 3 is 0.714 bits per heavy atom. The molecule has 4 aromatic carbocycles. The molecule has 0 N–H and O–H groups in total. The summed E-state index contributed by atoms with van der Waals surface area (Å²) >= 11 is 0. The lowest BCUT2D eigenvalue weighted by molar-refractivity contribution is 0.324. The summed E-state index contributed by atoms with van der Waals surface area (Å²) in [4.78, 5) is 0. The van der Waals surface area contributed by atoms with Gasteiger partial charge in [0, 0.05) is 0 Å². The predicted octanol–water partition coefficient (Wildman–Crippen LogP) is 8.25. The quantitative estimate of drug-likeness (QED) is 0.162. The number of ether oxygens (including phenoxy) is 6. The highest BCUT2D eigenvalue weighted by Crippen LogP contribution is 2.39. The van der Waals surface area contributed by atoms with Crippen molar-refractivity contribution < 1.29 is 28.4 Å². The molecule has 4 aromatic rings. The van der Waals surface area contributed by atoms with E-state index < -0.39 is 0 Å². The van der Waals surface area contributed by atoms with E-state index in [9.17, 15) is 0 Å². The Kier molecular flexibility index (Phi) is 10.3. The Bertz CT molecular complexity index is 1400. The van der Waals surface area contributed by atoms with Gasteiger partial charge in [-0.1, -0.05) is 85.0 Å². The number of hydrogen-bond acceptors (Lipinski definition) is 6. The van der Waals surface area contributed by atoms with Crippen LogP contribution >= 0.6 is 0 Å². The zero-order valence-electron chi connectivity index (χ0n) is 24.8. The number of hydrogen-bond donors (Lipinski definition) is 0. The summed E-state index contributed by atoms with van der Waals surface area (Å²) in [5.74, 6) is 3.66. The highest BCUT2D eigenvalue weighted by molar-refractivity contribution is 5.76. The summed E-state index contributed by atoms with van der Waals surface area (Å²) in [7, 11) is 9.65. The summed E-state index contributed by atoms with van der Waals surface area (Å²) in [6, 6.07) is 24.4. The number of rotatable bonds is 12. The van der Waals surface area contributed by atoms with Crippen molar-refractivity contribution in [1.82, 2.24) is 0 Å². The Labute approximate surface area is 248 Å². The highest BCUT2D eigenvalue weighted by Gasteiger charge is 2.13. The van der Waals surface area contributed by atoms with Crippen molar-refractivity contribution in [2.45, 2.75) is 0 Å². The molecule has 0 aliphatic heterocycles. The third-order valence-electron chi connectivity index (χ3n) is 6.65. The van der Waals surface area contributed by atoms with E-state index in [1.807, 2.05) is 36.4 Å². The van der Waals surface area contributed by atoms with Crippen LogP contribution in [0.15, 0.2) is 72.8 Å². The third-order valence-corrected chi connectivity index (χ3v) is 6.65. The van der Waals surface area contributed by atoms with Crippen molar-refractivity contribution in [3.8, 4) is 34.5 Å². The van der Waals surface area contributed by atoms with Gasteiger partial charge in [0.05, 0.1) is 42.7 Å². The molecule has 0 amide bonds. The zero-order valence-corrected chi connectivity index (χ0v) is 24.8. The van der Waals surface area contributed by atoms with Gasteiger partial charge >= 0.3 is 0 Å². The lowest BCUT2D eigenvalue weighted by Crippen LogP contribution is -1.95. The lowest BCUT2D eigenvalue weighted by atomic mass is 10.1. The average Bonchev–Trinajstić information content (AvgIpc) is 3.05. The van der Waals surface area contributed by atoms with Crippen LogP contribution in [0.2, 0.25) is 0 Å². The third kappa shape index (κ3) is 7.34. The molecule has 0 unspecified atom stereocenters. The molecule has 0 heterocycles. The van der Waals surface area contributed by atoms with E-state index in [0.717, 1.165) is 33.4 Å². The molecule has 0 aromatic heterocycles. The number of methoxy groups -OCH3 is 6. The van der Waals surface area contributed by atoms with Crippen LogP contribution in [0.25, 0.3) is 36.5 Å². The van der Waals surface area contributed by atoms with Gasteiger partial charge in [-0.2, -0.15) is 0 Å². The standard InChI is InChI=1S/C36H36O6/c1-37-31-21-29(22-32(38-2)35(31)41-5)19-17-27-13-9-25(10-14-27)7-8-26-11-15-28(16-12-26)18-20-30-23-33(39-3)36(42-6)34(24-30)40-4/h7-24H,1-6H3. The summed E-state index contributed by atoms with van der Waals surface area (Å²) in [5, 5.41) is 0. The molecule has 42 heavy (non-hydrogen) atoms. The predicted molar refractivity (Wildman–Crippen MR) is 172 cm³/mol. The van der Waals surface area contributed by atoms with Crippen LogP contribution in [0.3, 0.4) is 0 Å². The van der Waals surface area contributed by atoms with Crippen molar-refractivity contribution in [3.05, 3.63) is 106 Å². The first-order valence-electron chi connectivity index (χ1n) is 13.4. The molecule has 0 aliphatic rings. The molecular formula is C36H36O6. The van der Waals surface area contributed by atoms with Crippen molar-refractivity contribution in [1.29, 1.82) is 0 Å². The van der Waals surface area contributed by atoms with Gasteiger partial charge in [0.1, 0.15) is 0 Å². The first-order valence-corrected chi connectivity index (χ1v) is 13.4. The minimum Gasteiger partial charge on any atom is -0.493 e. The van der Waals surface area contributed by atoms with E-state index in [1.54, 1.807) is 42.7 Å². The highest BCUT2D eigenvalue weighted by atomic mass is 16.5. The van der Waals surface area contributed by atoms with Crippen LogP contribution in [0, 0.1) is 0 Å². The molecule has 0 saturated carbocycles. The average molecular weight is 565 g/mol. The molecule has 6 heteroatoms. The van der Waals surface area contributed by atoms with Crippen molar-refractivity contribution in [2.24, 2.45) is 0 Å². The van der Waals surface area contributed by atoms with Crippen LogP contribution in [0.4, 0.5) is 0 Å². The Hall–Kier alpha value is -5.10. The topological polar surface area (TPSA) is 55.4 Å². The van der Waals surface area contributed by atoms with Gasteiger partial charge in [-0.15, -0.1) is 0 Å². The summed E-state index contributed by atoms with van der Waals surface area (Å²) in [5.41, 5.74) is 6.32. The van der Waals surface area contributed by atoms with E-state index in [-0.39, 0.29) is 0 Å². The van der Waals surface area contributed by atoms with Crippen LogP contribution in [-0.4, -0.2) is 42.7 Å². The van der Waals surface area contributed by atoms with Gasteiger partial charge in [0.2, 0.25) is 11.5 Å². The van der Waals surface area contributed by atoms with Crippen LogP contribution in [0.1, 0.15) is 33.4 Å². The lowest BCUT2D eigenvalue weighted by Gasteiger charge is -2.12. The molecule has 4 rings (SSSR count). The van der Waals surface area contributed by atoms with Crippen molar-refractivity contribution in [2.75, 3.05) is 42.7 Å². The van der Waals surface area contributed by atoms with Crippen LogP contribution < -0.4 is 28.4 Å². The molecule has 216 valence electrons. The minimum atomic E-state index is 0.579. The molecule has 0 saturated heterocycles. The summed E-state index contributed by atoms with van der Waals surface area (Å²) in [6.07, 6.45) is 12.4.